The molecule has 2 heterocycles. The number of hydrogen-bond donors (Lipinski definition) is 2. The van der Waals surface area contributed by atoms with E-state index < -0.39 is 5.41 Å². The van der Waals surface area contributed by atoms with Gasteiger partial charge in [-0.2, -0.15) is 0 Å². The normalized spacial score (nSPS) is 11.3. The van der Waals surface area contributed by atoms with E-state index in [0.29, 0.717) is 18.5 Å². The van der Waals surface area contributed by atoms with Crippen LogP contribution in [-0.2, 0) is 15.0 Å². The first-order valence-electron chi connectivity index (χ1n) is 9.14. The number of carbonyl (C=O) groups is 2. The molecule has 0 aliphatic carbocycles. The van der Waals surface area contributed by atoms with Gasteiger partial charge in [0.15, 0.2) is 0 Å². The molecule has 6 nitrogen and oxygen atoms in total. The molecule has 0 fully saturated rings. The molecule has 0 unspecified atom stereocenters. The van der Waals surface area contributed by atoms with Crippen molar-refractivity contribution in [1.82, 2.24) is 9.97 Å². The first-order valence-corrected chi connectivity index (χ1v) is 9.14. The van der Waals surface area contributed by atoms with E-state index in [9.17, 15) is 9.59 Å². The summed E-state index contributed by atoms with van der Waals surface area (Å²) >= 11 is 0. The van der Waals surface area contributed by atoms with E-state index >= 15 is 0 Å². The summed E-state index contributed by atoms with van der Waals surface area (Å²) in [6.07, 6.45) is 7.45. The van der Waals surface area contributed by atoms with Crippen LogP contribution in [0.1, 0.15) is 51.7 Å². The van der Waals surface area contributed by atoms with E-state index in [0.717, 1.165) is 16.8 Å². The van der Waals surface area contributed by atoms with Crippen LogP contribution in [0, 0.1) is 12.8 Å². The maximum absolute atomic E-state index is 12.5. The largest absolute Gasteiger partial charge is 0.326 e. The quantitative estimate of drug-likeness (QED) is 0.771. The van der Waals surface area contributed by atoms with E-state index in [-0.39, 0.29) is 17.7 Å². The first kappa shape index (κ1) is 20.6. The van der Waals surface area contributed by atoms with E-state index in [1.54, 1.807) is 36.9 Å². The Morgan fingerprint density at radius 3 is 2.33 bits per heavy atom. The predicted octanol–water partition coefficient (Wildman–Crippen LogP) is 4.08. The van der Waals surface area contributed by atoms with Gasteiger partial charge in [-0.05, 0) is 36.1 Å². The number of nitrogens with zero attached hydrogens (tertiary/aromatic N) is 2. The summed E-state index contributed by atoms with van der Waals surface area (Å²) in [6.45, 7) is 9.97. The molecule has 2 aromatic heterocycles. The Kier molecular flexibility index (Phi) is 6.66. The van der Waals surface area contributed by atoms with Gasteiger partial charge in [-0.25, -0.2) is 0 Å². The lowest BCUT2D eigenvalue weighted by Crippen LogP contribution is -2.27. The Morgan fingerprint density at radius 2 is 1.70 bits per heavy atom. The average molecular weight is 368 g/mol. The number of carbonyl (C=O) groups excluding carboxylic acids is 2. The van der Waals surface area contributed by atoms with Crippen LogP contribution in [0.2, 0.25) is 0 Å². The number of hydrogen-bond acceptors (Lipinski definition) is 4. The van der Waals surface area contributed by atoms with Gasteiger partial charge in [0.05, 0.1) is 11.9 Å². The molecule has 6 heteroatoms. The Labute approximate surface area is 160 Å². The minimum Gasteiger partial charge on any atom is -0.326 e. The fraction of sp³-hybridized carbons (Fsp3) is 0.429. The molecule has 27 heavy (non-hydrogen) atoms. The van der Waals surface area contributed by atoms with Gasteiger partial charge in [-0.15, -0.1) is 0 Å². The van der Waals surface area contributed by atoms with Crippen molar-refractivity contribution in [3.05, 3.63) is 48.0 Å². The Bertz CT molecular complexity index is 801. The molecule has 2 N–H and O–H groups in total. The highest BCUT2D eigenvalue weighted by molar-refractivity contribution is 5.92. The van der Waals surface area contributed by atoms with E-state index in [1.807, 2.05) is 34.6 Å². The second-order valence-corrected chi connectivity index (χ2v) is 7.85. The summed E-state index contributed by atoms with van der Waals surface area (Å²) in [5.74, 6) is 0.176. The van der Waals surface area contributed by atoms with Crippen LogP contribution in [0.4, 0.5) is 11.4 Å². The minimum absolute atomic E-state index is 0.0275. The van der Waals surface area contributed by atoms with E-state index in [4.69, 9.17) is 0 Å². The molecular weight excluding hydrogens is 340 g/mol. The zero-order valence-corrected chi connectivity index (χ0v) is 16.7. The number of pyridine rings is 2. The van der Waals surface area contributed by atoms with Gasteiger partial charge < -0.3 is 10.6 Å². The van der Waals surface area contributed by atoms with Crippen LogP contribution in [-0.4, -0.2) is 21.8 Å². The van der Waals surface area contributed by atoms with Gasteiger partial charge in [0, 0.05) is 42.5 Å². The topological polar surface area (TPSA) is 84.0 Å². The molecule has 0 radical (unpaired) electrons. The average Bonchev–Trinajstić information content (AvgIpc) is 2.56. The van der Waals surface area contributed by atoms with Crippen LogP contribution in [0.3, 0.4) is 0 Å². The lowest BCUT2D eigenvalue weighted by molar-refractivity contribution is -0.118. The molecule has 0 saturated carbocycles. The highest BCUT2D eigenvalue weighted by Crippen LogP contribution is 2.32. The van der Waals surface area contributed by atoms with Crippen molar-refractivity contribution in [2.75, 3.05) is 10.6 Å². The van der Waals surface area contributed by atoms with Crippen LogP contribution in [0.15, 0.2) is 36.9 Å². The maximum Gasteiger partial charge on any atom is 0.225 e. The highest BCUT2D eigenvalue weighted by atomic mass is 16.2. The SMILES string of the molecule is Cc1c(NC(=O)CC(C)C)cncc1C(C)(C)CC(=O)Nc1ccncc1. The number of anilines is 2. The number of aromatic nitrogens is 2. The zero-order chi connectivity index (χ0) is 20.0. The molecule has 0 aliphatic rings. The first-order chi connectivity index (χ1) is 12.7. The van der Waals surface area contributed by atoms with Gasteiger partial charge in [-0.3, -0.25) is 19.6 Å². The number of amides is 2. The Morgan fingerprint density at radius 1 is 1.04 bits per heavy atom. The summed E-state index contributed by atoms with van der Waals surface area (Å²) in [7, 11) is 0. The summed E-state index contributed by atoms with van der Waals surface area (Å²) in [5.41, 5.74) is 2.85. The van der Waals surface area contributed by atoms with Crippen molar-refractivity contribution in [2.45, 2.75) is 52.9 Å². The maximum atomic E-state index is 12.5. The van der Waals surface area contributed by atoms with Crippen LogP contribution >= 0.6 is 0 Å². The van der Waals surface area contributed by atoms with Gasteiger partial charge in [0.1, 0.15) is 0 Å². The molecule has 2 aromatic rings. The molecular formula is C21H28N4O2. The van der Waals surface area contributed by atoms with Crippen LogP contribution in [0.25, 0.3) is 0 Å². The molecule has 0 aromatic carbocycles. The molecule has 0 atom stereocenters. The minimum atomic E-state index is -0.438. The summed E-state index contributed by atoms with van der Waals surface area (Å²) in [6, 6.07) is 3.51. The third-order valence-corrected chi connectivity index (χ3v) is 4.38. The Hall–Kier alpha value is -2.76. The monoisotopic (exact) mass is 368 g/mol. The summed E-state index contributed by atoms with van der Waals surface area (Å²) in [5, 5.41) is 5.82. The smallest absolute Gasteiger partial charge is 0.225 e. The Balaban J connectivity index is 2.14. The van der Waals surface area contributed by atoms with Gasteiger partial charge in [0.2, 0.25) is 11.8 Å². The molecule has 0 spiro atoms. The van der Waals surface area contributed by atoms with Gasteiger partial charge >= 0.3 is 0 Å². The third-order valence-electron chi connectivity index (χ3n) is 4.38. The molecule has 0 saturated heterocycles. The zero-order valence-electron chi connectivity index (χ0n) is 16.7. The number of nitrogens with one attached hydrogen (secondary N) is 2. The lowest BCUT2D eigenvalue weighted by atomic mass is 9.79. The lowest BCUT2D eigenvalue weighted by Gasteiger charge is -2.27. The van der Waals surface area contributed by atoms with Crippen LogP contribution in [0.5, 0.6) is 0 Å². The molecule has 144 valence electrons. The third kappa shape index (κ3) is 5.88. The van der Waals surface area contributed by atoms with Crippen molar-refractivity contribution in [3.63, 3.8) is 0 Å². The molecule has 2 rings (SSSR count). The van der Waals surface area contributed by atoms with Crippen molar-refractivity contribution >= 4 is 23.2 Å². The van der Waals surface area contributed by atoms with Gasteiger partial charge in [0.25, 0.3) is 0 Å². The van der Waals surface area contributed by atoms with Gasteiger partial charge in [-0.1, -0.05) is 27.7 Å². The standard InChI is InChI=1S/C21H28N4O2/c1-14(2)10-19(26)25-18-13-23-12-17(15(18)3)21(4,5)11-20(27)24-16-6-8-22-9-7-16/h6-9,12-14H,10-11H2,1-5H3,(H,25,26)(H,22,24,27). The second kappa shape index (κ2) is 8.75. The molecule has 0 bridgehead atoms. The molecule has 2 amide bonds. The highest BCUT2D eigenvalue weighted by Gasteiger charge is 2.27. The fourth-order valence-corrected chi connectivity index (χ4v) is 3.04. The summed E-state index contributed by atoms with van der Waals surface area (Å²) < 4.78 is 0. The van der Waals surface area contributed by atoms with Crippen molar-refractivity contribution < 1.29 is 9.59 Å². The number of rotatable bonds is 7. The molecule has 0 aliphatic heterocycles. The van der Waals surface area contributed by atoms with Crippen molar-refractivity contribution in [3.8, 4) is 0 Å². The van der Waals surface area contributed by atoms with Crippen molar-refractivity contribution in [1.29, 1.82) is 0 Å². The summed E-state index contributed by atoms with van der Waals surface area (Å²) in [4.78, 5) is 32.8. The van der Waals surface area contributed by atoms with Crippen molar-refractivity contribution in [2.24, 2.45) is 5.92 Å². The van der Waals surface area contributed by atoms with E-state index in [2.05, 4.69) is 20.6 Å². The fourth-order valence-electron chi connectivity index (χ4n) is 3.04. The predicted molar refractivity (Wildman–Crippen MR) is 108 cm³/mol. The van der Waals surface area contributed by atoms with E-state index in [1.165, 1.54) is 0 Å². The second-order valence-electron chi connectivity index (χ2n) is 7.85. The van der Waals surface area contributed by atoms with Crippen LogP contribution < -0.4 is 10.6 Å².